The Kier molecular flexibility index (Phi) is 6.55. The summed E-state index contributed by atoms with van der Waals surface area (Å²) >= 11 is 0. The van der Waals surface area contributed by atoms with Gasteiger partial charge in [0.2, 0.25) is 0 Å². The molecule has 1 aromatic rings. The van der Waals surface area contributed by atoms with Crippen molar-refractivity contribution >= 4 is 5.78 Å². The van der Waals surface area contributed by atoms with E-state index in [9.17, 15) is 4.79 Å². The number of carbonyl (C=O) groups excluding carboxylic acids is 1. The van der Waals surface area contributed by atoms with Crippen LogP contribution in [0.15, 0.2) is 68.3 Å². The zero-order chi connectivity index (χ0) is 22.9. The van der Waals surface area contributed by atoms with Crippen molar-refractivity contribution in [2.75, 3.05) is 0 Å². The molecule has 0 spiro atoms. The van der Waals surface area contributed by atoms with Gasteiger partial charge in [0.1, 0.15) is 11.7 Å². The molecule has 2 saturated heterocycles. The third-order valence-electron chi connectivity index (χ3n) is 6.98. The van der Waals surface area contributed by atoms with Gasteiger partial charge in [-0.1, -0.05) is 48.6 Å². The first-order valence-corrected chi connectivity index (χ1v) is 11.4. The fourth-order valence-electron chi connectivity index (χ4n) is 5.41. The highest BCUT2D eigenvalue weighted by Crippen LogP contribution is 2.50. The lowest BCUT2D eigenvalue weighted by molar-refractivity contribution is -0.237. The Morgan fingerprint density at radius 3 is 2.53 bits per heavy atom. The van der Waals surface area contributed by atoms with E-state index in [1.807, 2.05) is 56.3 Å². The summed E-state index contributed by atoms with van der Waals surface area (Å²) in [6.07, 6.45) is 5.60. The Morgan fingerprint density at radius 2 is 1.88 bits per heavy atom. The molecule has 0 N–H and O–H groups in total. The van der Waals surface area contributed by atoms with Crippen LogP contribution in [0.2, 0.25) is 0 Å². The van der Waals surface area contributed by atoms with Crippen molar-refractivity contribution in [2.24, 2.45) is 17.8 Å². The summed E-state index contributed by atoms with van der Waals surface area (Å²) in [4.78, 5) is 13.9. The van der Waals surface area contributed by atoms with Crippen LogP contribution in [0.25, 0.3) is 0 Å². The molecule has 3 fully saturated rings. The van der Waals surface area contributed by atoms with Crippen LogP contribution < -0.4 is 0 Å². The van der Waals surface area contributed by atoms with Crippen LogP contribution in [-0.2, 0) is 30.3 Å². The fourth-order valence-corrected chi connectivity index (χ4v) is 5.41. The Balaban J connectivity index is 1.67. The van der Waals surface area contributed by atoms with E-state index in [1.54, 1.807) is 6.08 Å². The molecule has 2 heterocycles. The van der Waals surface area contributed by atoms with Gasteiger partial charge in [-0.25, -0.2) is 0 Å². The normalized spacial score (nSPS) is 37.7. The molecule has 1 saturated carbocycles. The molecule has 0 radical (unpaired) electrons. The van der Waals surface area contributed by atoms with Crippen molar-refractivity contribution in [3.05, 3.63) is 73.9 Å². The molecule has 5 heteroatoms. The van der Waals surface area contributed by atoms with Gasteiger partial charge < -0.3 is 18.9 Å². The molecule has 7 atom stereocenters. The molecule has 1 aliphatic carbocycles. The number of carbonyl (C=O) groups is 1. The van der Waals surface area contributed by atoms with Crippen LogP contribution in [0.5, 0.6) is 0 Å². The summed E-state index contributed by atoms with van der Waals surface area (Å²) < 4.78 is 25.1. The van der Waals surface area contributed by atoms with Crippen molar-refractivity contribution in [3.63, 3.8) is 0 Å². The van der Waals surface area contributed by atoms with Crippen molar-refractivity contribution in [1.29, 1.82) is 0 Å². The minimum Gasteiger partial charge on any atom is -0.364 e. The molecule has 3 aliphatic rings. The van der Waals surface area contributed by atoms with Crippen LogP contribution in [0.3, 0.4) is 0 Å². The molecule has 0 amide bonds. The molecule has 172 valence electrons. The quantitative estimate of drug-likeness (QED) is 0.509. The third-order valence-corrected chi connectivity index (χ3v) is 6.98. The lowest BCUT2D eigenvalue weighted by Gasteiger charge is -2.38. The summed E-state index contributed by atoms with van der Waals surface area (Å²) in [6.45, 7) is 15.9. The molecule has 0 bridgehead atoms. The number of hydrogen-bond acceptors (Lipinski definition) is 5. The summed E-state index contributed by atoms with van der Waals surface area (Å²) in [7, 11) is 0. The Bertz CT molecular complexity index is 862. The number of Topliss-reactive ketones (excluding diaryl/α,β-unsaturated/α-hetero) is 1. The van der Waals surface area contributed by atoms with Crippen LogP contribution in [0.1, 0.15) is 38.7 Å². The first kappa shape index (κ1) is 23.1. The molecular formula is C27H34O5. The lowest BCUT2D eigenvalue weighted by Crippen LogP contribution is -2.55. The predicted octanol–water partition coefficient (Wildman–Crippen LogP) is 4.98. The van der Waals surface area contributed by atoms with Crippen molar-refractivity contribution < 1.29 is 23.7 Å². The molecule has 32 heavy (non-hydrogen) atoms. The minimum absolute atomic E-state index is 0.0218. The number of allylic oxidation sites excluding steroid dienone is 2. The minimum atomic E-state index is -1.02. The van der Waals surface area contributed by atoms with Gasteiger partial charge in [-0.05, 0) is 50.5 Å². The van der Waals surface area contributed by atoms with Crippen LogP contribution in [0, 0.1) is 17.8 Å². The number of fused-ring (bicyclic) bond motifs is 1. The highest BCUT2D eigenvalue weighted by molar-refractivity contribution is 5.88. The summed E-state index contributed by atoms with van der Waals surface area (Å²) in [5.74, 6) is -0.622. The van der Waals surface area contributed by atoms with Gasteiger partial charge in [-0.15, -0.1) is 19.7 Å². The molecule has 1 aromatic carbocycles. The van der Waals surface area contributed by atoms with E-state index >= 15 is 0 Å². The monoisotopic (exact) mass is 438 g/mol. The van der Waals surface area contributed by atoms with E-state index in [0.717, 1.165) is 18.4 Å². The van der Waals surface area contributed by atoms with Gasteiger partial charge >= 0.3 is 0 Å². The first-order valence-electron chi connectivity index (χ1n) is 11.4. The Hall–Kier alpha value is -2.05. The topological polar surface area (TPSA) is 54.0 Å². The van der Waals surface area contributed by atoms with E-state index in [0.29, 0.717) is 18.9 Å². The lowest BCUT2D eigenvalue weighted by atomic mass is 9.80. The van der Waals surface area contributed by atoms with Crippen molar-refractivity contribution in [2.45, 2.75) is 69.6 Å². The van der Waals surface area contributed by atoms with E-state index in [4.69, 9.17) is 18.9 Å². The smallest absolute Gasteiger partial charge is 0.191 e. The maximum absolute atomic E-state index is 13.9. The van der Waals surface area contributed by atoms with Gasteiger partial charge in [0, 0.05) is 5.92 Å². The molecule has 5 nitrogen and oxygen atoms in total. The zero-order valence-corrected chi connectivity index (χ0v) is 19.1. The van der Waals surface area contributed by atoms with E-state index in [1.165, 1.54) is 0 Å². The highest BCUT2D eigenvalue weighted by Gasteiger charge is 2.66. The molecule has 0 unspecified atom stereocenters. The van der Waals surface area contributed by atoms with Crippen LogP contribution in [-0.4, -0.2) is 35.7 Å². The van der Waals surface area contributed by atoms with Crippen LogP contribution in [0.4, 0.5) is 0 Å². The fraction of sp³-hybridized carbons (Fsp3) is 0.519. The standard InChI is InChI=1S/C27H34O5/c1-6-14-27(29-17-19-12-10-9-11-13-19)23(30-25-24(27)31-26(4,5)32-25)22(28)21-16-18(7-2)15-20(21)8-3/h6-13,18,20-21,23-25H,1-3,14-17H2,4-5H3/t18-,20+,21-,23-,24+,25-,27-/m1/s1. The zero-order valence-electron chi connectivity index (χ0n) is 19.1. The number of rotatable bonds is 9. The Labute approximate surface area is 191 Å². The highest BCUT2D eigenvalue weighted by atomic mass is 16.8. The first-order chi connectivity index (χ1) is 15.3. The molecule has 2 aliphatic heterocycles. The second-order valence-corrected chi connectivity index (χ2v) is 9.54. The Morgan fingerprint density at radius 1 is 1.12 bits per heavy atom. The van der Waals surface area contributed by atoms with E-state index in [-0.39, 0.29) is 17.6 Å². The molecular weight excluding hydrogens is 404 g/mol. The van der Waals surface area contributed by atoms with Gasteiger partial charge in [-0.3, -0.25) is 4.79 Å². The third kappa shape index (κ3) is 4.15. The molecule has 4 rings (SSSR count). The van der Waals surface area contributed by atoms with E-state index < -0.39 is 29.9 Å². The number of ketones is 1. The largest absolute Gasteiger partial charge is 0.364 e. The SMILES string of the molecule is C=CC[C@@]1(OCc2ccccc2)[C@@H](C(=O)[C@@H]2C[C@H](C=C)C[C@@H]2C=C)O[C@@H]2OC(C)(C)O[C@@H]21. The number of ether oxygens (including phenoxy) is 4. The average Bonchev–Trinajstić information content (AvgIpc) is 3.42. The number of hydrogen-bond donors (Lipinski definition) is 0. The van der Waals surface area contributed by atoms with Gasteiger partial charge in [0.05, 0.1) is 6.61 Å². The second-order valence-electron chi connectivity index (χ2n) is 9.54. The second kappa shape index (κ2) is 9.06. The van der Waals surface area contributed by atoms with Crippen molar-refractivity contribution in [1.82, 2.24) is 0 Å². The molecule has 0 aromatic heterocycles. The van der Waals surface area contributed by atoms with E-state index in [2.05, 4.69) is 19.7 Å². The average molecular weight is 439 g/mol. The van der Waals surface area contributed by atoms with Gasteiger partial charge in [0.15, 0.2) is 24.0 Å². The van der Waals surface area contributed by atoms with Gasteiger partial charge in [0.25, 0.3) is 0 Å². The van der Waals surface area contributed by atoms with Crippen LogP contribution >= 0.6 is 0 Å². The van der Waals surface area contributed by atoms with Gasteiger partial charge in [-0.2, -0.15) is 0 Å². The number of benzene rings is 1. The predicted molar refractivity (Wildman–Crippen MR) is 123 cm³/mol. The summed E-state index contributed by atoms with van der Waals surface area (Å²) in [5, 5.41) is 0. The summed E-state index contributed by atoms with van der Waals surface area (Å²) in [6, 6.07) is 9.90. The maximum atomic E-state index is 13.9. The summed E-state index contributed by atoms with van der Waals surface area (Å²) in [5.41, 5.74) is -0.00854. The van der Waals surface area contributed by atoms with Crippen molar-refractivity contribution in [3.8, 4) is 0 Å². The maximum Gasteiger partial charge on any atom is 0.191 e.